The van der Waals surface area contributed by atoms with Crippen molar-refractivity contribution in [3.05, 3.63) is 88.0 Å². The molecule has 9 heteroatoms. The quantitative estimate of drug-likeness (QED) is 0.204. The Bertz CT molecular complexity index is 1300. The maximum Gasteiger partial charge on any atom is 0.273 e. The normalized spacial score (nSPS) is 30.0. The Labute approximate surface area is 206 Å². The van der Waals surface area contributed by atoms with Gasteiger partial charge in [-0.15, -0.1) is 0 Å². The number of allylic oxidation sites excluding steroid dienone is 2. The number of ketones is 1. The van der Waals surface area contributed by atoms with Crippen LogP contribution in [0.1, 0.15) is 34.1 Å². The van der Waals surface area contributed by atoms with Crippen LogP contribution < -0.4 is 0 Å². The number of carbonyl (C=O) groups is 4. The number of Topliss-reactive ketones (excluding diaryl/α,β-unsaturated/α-hetero) is 1. The Morgan fingerprint density at radius 3 is 2.00 bits per heavy atom. The standard InChI is InChI=1S/C27H23N3O6/c1-14(24(31)15-5-3-2-4-6-15)28(25(32)16-7-9-17(10-8-16)30(35)36)29-26(33)22-18-11-12-19(21-13-20(18)21)23(22)27(29)34/h2-12,14,18-23H,13H2,1H3/t14-,18+,19+,20-,21+,22-,23-/m1/s1. The molecule has 36 heavy (non-hydrogen) atoms. The van der Waals surface area contributed by atoms with Crippen LogP contribution in [0.5, 0.6) is 0 Å². The highest BCUT2D eigenvalue weighted by molar-refractivity contribution is 6.11. The van der Waals surface area contributed by atoms with E-state index in [0.29, 0.717) is 17.4 Å². The van der Waals surface area contributed by atoms with E-state index >= 15 is 0 Å². The fraction of sp³-hybridized carbons (Fsp3) is 0.333. The maximum atomic E-state index is 13.8. The van der Waals surface area contributed by atoms with E-state index in [1.807, 2.05) is 12.2 Å². The molecule has 2 aromatic carbocycles. The van der Waals surface area contributed by atoms with Gasteiger partial charge in [0.05, 0.1) is 16.8 Å². The van der Waals surface area contributed by atoms with Crippen LogP contribution in [-0.4, -0.2) is 44.5 Å². The number of amides is 3. The molecular formula is C27H23N3O6. The summed E-state index contributed by atoms with van der Waals surface area (Å²) in [6.07, 6.45) is 5.08. The molecule has 0 unspecified atom stereocenters. The third-order valence-electron chi connectivity index (χ3n) is 8.19. The van der Waals surface area contributed by atoms with Crippen molar-refractivity contribution in [2.75, 3.05) is 0 Å². The lowest BCUT2D eigenvalue weighted by Crippen LogP contribution is -2.56. The fourth-order valence-corrected chi connectivity index (χ4v) is 6.41. The molecule has 0 N–H and O–H groups in total. The van der Waals surface area contributed by atoms with Crippen molar-refractivity contribution in [2.24, 2.45) is 35.5 Å². The number of carbonyl (C=O) groups excluding carboxylic acids is 4. The smallest absolute Gasteiger partial charge is 0.273 e. The molecule has 3 amide bonds. The van der Waals surface area contributed by atoms with Crippen molar-refractivity contribution in [2.45, 2.75) is 19.4 Å². The van der Waals surface area contributed by atoms with E-state index < -0.39 is 46.3 Å². The molecule has 3 fully saturated rings. The Balaban J connectivity index is 1.40. The van der Waals surface area contributed by atoms with Gasteiger partial charge in [0.15, 0.2) is 5.78 Å². The number of nitrogens with zero attached hydrogens (tertiary/aromatic N) is 3. The molecule has 4 aliphatic carbocycles. The fourth-order valence-electron chi connectivity index (χ4n) is 6.41. The van der Waals surface area contributed by atoms with Gasteiger partial charge in [-0.3, -0.25) is 29.3 Å². The molecule has 2 saturated carbocycles. The van der Waals surface area contributed by atoms with Crippen LogP contribution in [0.2, 0.25) is 0 Å². The van der Waals surface area contributed by atoms with Gasteiger partial charge in [-0.1, -0.05) is 42.5 Å². The highest BCUT2D eigenvalue weighted by Gasteiger charge is 2.68. The van der Waals surface area contributed by atoms with Crippen LogP contribution in [0.4, 0.5) is 5.69 Å². The second-order valence-corrected chi connectivity index (χ2v) is 10.0. The van der Waals surface area contributed by atoms with Crippen LogP contribution >= 0.6 is 0 Å². The summed E-state index contributed by atoms with van der Waals surface area (Å²) in [6.45, 7) is 1.49. The number of imide groups is 1. The molecule has 1 saturated heterocycles. The van der Waals surface area contributed by atoms with Crippen LogP contribution in [0.15, 0.2) is 66.7 Å². The lowest BCUT2D eigenvalue weighted by atomic mass is 9.63. The molecule has 2 aromatic rings. The molecule has 0 radical (unpaired) electrons. The molecule has 2 bridgehead atoms. The number of hydrazine groups is 1. The number of nitro benzene ring substituents is 1. The predicted molar refractivity (Wildman–Crippen MR) is 126 cm³/mol. The van der Waals surface area contributed by atoms with Gasteiger partial charge in [0.1, 0.15) is 6.04 Å². The zero-order valence-corrected chi connectivity index (χ0v) is 19.4. The van der Waals surface area contributed by atoms with Crippen molar-refractivity contribution >= 4 is 29.2 Å². The zero-order valence-electron chi connectivity index (χ0n) is 19.4. The third kappa shape index (κ3) is 3.15. The van der Waals surface area contributed by atoms with Gasteiger partial charge in [-0.05, 0) is 49.1 Å². The Kier molecular flexibility index (Phi) is 4.93. The van der Waals surface area contributed by atoms with E-state index in [4.69, 9.17) is 0 Å². The Hall–Kier alpha value is -4.14. The van der Waals surface area contributed by atoms with Crippen molar-refractivity contribution in [1.82, 2.24) is 10.0 Å². The summed E-state index contributed by atoms with van der Waals surface area (Å²) >= 11 is 0. The molecular weight excluding hydrogens is 462 g/mol. The minimum Gasteiger partial charge on any atom is -0.292 e. The first-order valence-corrected chi connectivity index (χ1v) is 12.0. The van der Waals surface area contributed by atoms with E-state index in [-0.39, 0.29) is 23.1 Å². The number of hydrogen-bond donors (Lipinski definition) is 0. The summed E-state index contributed by atoms with van der Waals surface area (Å²) in [5.74, 6) is -2.47. The minimum atomic E-state index is -1.16. The number of non-ortho nitro benzene ring substituents is 1. The second kappa shape index (κ2) is 7.94. The van der Waals surface area contributed by atoms with Gasteiger partial charge in [-0.2, -0.15) is 5.01 Å². The summed E-state index contributed by atoms with van der Waals surface area (Å²) in [6, 6.07) is 12.1. The topological polar surface area (TPSA) is 118 Å². The van der Waals surface area contributed by atoms with E-state index in [9.17, 15) is 29.3 Å². The Morgan fingerprint density at radius 1 is 0.917 bits per heavy atom. The van der Waals surface area contributed by atoms with E-state index in [1.165, 1.54) is 31.2 Å². The van der Waals surface area contributed by atoms with Gasteiger partial charge < -0.3 is 0 Å². The Morgan fingerprint density at radius 2 is 1.47 bits per heavy atom. The van der Waals surface area contributed by atoms with Gasteiger partial charge in [0.2, 0.25) is 0 Å². The van der Waals surface area contributed by atoms with Crippen molar-refractivity contribution in [3.63, 3.8) is 0 Å². The second-order valence-electron chi connectivity index (χ2n) is 10.0. The van der Waals surface area contributed by atoms with Crippen LogP contribution in [0, 0.1) is 45.6 Å². The van der Waals surface area contributed by atoms with Gasteiger partial charge in [0, 0.05) is 23.3 Å². The lowest BCUT2D eigenvalue weighted by molar-refractivity contribution is -0.384. The summed E-state index contributed by atoms with van der Waals surface area (Å²) < 4.78 is 0. The number of hydrogen-bond acceptors (Lipinski definition) is 6. The van der Waals surface area contributed by atoms with Gasteiger partial charge >= 0.3 is 0 Å². The predicted octanol–water partition coefficient (Wildman–Crippen LogP) is 3.28. The molecule has 7 rings (SSSR count). The average Bonchev–Trinajstić information content (AvgIpc) is 3.68. The molecule has 0 aromatic heterocycles. The van der Waals surface area contributed by atoms with E-state index in [1.54, 1.807) is 30.3 Å². The van der Waals surface area contributed by atoms with Crippen LogP contribution in [-0.2, 0) is 9.59 Å². The molecule has 9 nitrogen and oxygen atoms in total. The van der Waals surface area contributed by atoms with Crippen molar-refractivity contribution in [1.29, 1.82) is 0 Å². The van der Waals surface area contributed by atoms with Gasteiger partial charge in [-0.25, -0.2) is 5.01 Å². The first-order valence-electron chi connectivity index (χ1n) is 12.0. The molecule has 7 atom stereocenters. The summed E-state index contributed by atoms with van der Waals surface area (Å²) in [5.41, 5.74) is 0.173. The summed E-state index contributed by atoms with van der Waals surface area (Å²) in [4.78, 5) is 65.2. The van der Waals surface area contributed by atoms with Gasteiger partial charge in [0.25, 0.3) is 23.4 Å². The van der Waals surface area contributed by atoms with Crippen molar-refractivity contribution < 1.29 is 24.1 Å². The van der Waals surface area contributed by atoms with Crippen LogP contribution in [0.3, 0.4) is 0 Å². The highest BCUT2D eigenvalue weighted by Crippen LogP contribution is 2.65. The number of benzene rings is 2. The molecule has 5 aliphatic rings. The van der Waals surface area contributed by atoms with E-state index in [2.05, 4.69) is 0 Å². The molecule has 1 aliphatic heterocycles. The number of nitro groups is 1. The molecule has 1 heterocycles. The maximum absolute atomic E-state index is 13.8. The largest absolute Gasteiger partial charge is 0.292 e. The minimum absolute atomic E-state index is 0.0349. The van der Waals surface area contributed by atoms with E-state index in [0.717, 1.165) is 16.4 Å². The zero-order chi connectivity index (χ0) is 25.3. The lowest BCUT2D eigenvalue weighted by Gasteiger charge is -2.37. The third-order valence-corrected chi connectivity index (χ3v) is 8.19. The average molecular weight is 485 g/mol. The molecule has 182 valence electrons. The SMILES string of the molecule is C[C@H](C(=O)c1ccccc1)N(C(=O)c1ccc([N+](=O)[O-])cc1)N1C(=O)[C@@H]2[C@H]3C=C[C@@H]([C@@H]4C[C@H]34)[C@H]2C1=O. The summed E-state index contributed by atoms with van der Waals surface area (Å²) in [7, 11) is 0. The first-order chi connectivity index (χ1) is 17.3. The summed E-state index contributed by atoms with van der Waals surface area (Å²) in [5, 5.41) is 12.9. The van der Waals surface area contributed by atoms with Crippen molar-refractivity contribution in [3.8, 4) is 0 Å². The number of rotatable bonds is 6. The monoisotopic (exact) mass is 485 g/mol. The first kappa shape index (κ1) is 22.3. The van der Waals surface area contributed by atoms with Crippen LogP contribution in [0.25, 0.3) is 0 Å². The highest BCUT2D eigenvalue weighted by atomic mass is 16.6. The molecule has 0 spiro atoms.